The molecule has 2 aromatic carbocycles. The molecule has 2 aromatic heterocycles. The summed E-state index contributed by atoms with van der Waals surface area (Å²) in [5.41, 5.74) is 1.61. The predicted octanol–water partition coefficient (Wildman–Crippen LogP) is 3.02. The van der Waals surface area contributed by atoms with E-state index in [-0.39, 0.29) is 22.5 Å². The monoisotopic (exact) mass is 470 g/mol. The van der Waals surface area contributed by atoms with Crippen LogP contribution in [0.1, 0.15) is 0 Å². The molecule has 35 heavy (non-hydrogen) atoms. The smallest absolute Gasteiger partial charge is 0.362 e. The SMILES string of the molecule is COC(=O)C1=C(C(=O)OC)N(c2ccc3cc(-n4nnc5ccccc54)c(=O)oc3c2)C=CC=C1. The van der Waals surface area contributed by atoms with Crippen molar-refractivity contribution in [3.8, 4) is 5.69 Å². The van der Waals surface area contributed by atoms with Gasteiger partial charge in [-0.3, -0.25) is 0 Å². The number of nitrogens with zero attached hydrogens (tertiary/aromatic N) is 4. The molecule has 0 spiro atoms. The Kier molecular flexibility index (Phi) is 5.46. The fraction of sp³-hybridized carbons (Fsp3) is 0.0800. The van der Waals surface area contributed by atoms with E-state index in [4.69, 9.17) is 13.9 Å². The summed E-state index contributed by atoms with van der Waals surface area (Å²) in [6.45, 7) is 0. The Bertz CT molecular complexity index is 1640. The first kappa shape index (κ1) is 21.8. The maximum atomic E-state index is 12.9. The van der Waals surface area contributed by atoms with Crippen molar-refractivity contribution in [2.45, 2.75) is 0 Å². The number of para-hydroxylation sites is 1. The molecule has 0 fully saturated rings. The van der Waals surface area contributed by atoms with Gasteiger partial charge in [0.25, 0.3) is 0 Å². The highest BCUT2D eigenvalue weighted by atomic mass is 16.5. The number of carbonyl (C=O) groups excluding carboxylic acids is 2. The van der Waals surface area contributed by atoms with Crippen molar-refractivity contribution in [2.24, 2.45) is 0 Å². The standard InChI is InChI=1S/C25H18N4O6/c1-33-23(30)17-7-5-6-12-28(22(17)25(32)34-2)16-11-10-15-13-20(24(31)35-21(15)14-16)29-19-9-4-3-8-18(19)26-27-29/h3-14H,1-2H3. The summed E-state index contributed by atoms with van der Waals surface area (Å²) in [6, 6.07) is 14.0. The van der Waals surface area contributed by atoms with Crippen LogP contribution in [-0.4, -0.2) is 41.2 Å². The van der Waals surface area contributed by atoms with Crippen molar-refractivity contribution in [3.05, 3.63) is 94.6 Å². The maximum Gasteiger partial charge on any atom is 0.362 e. The lowest BCUT2D eigenvalue weighted by atomic mass is 10.1. The lowest BCUT2D eigenvalue weighted by molar-refractivity contribution is -0.139. The topological polar surface area (TPSA) is 117 Å². The average molecular weight is 470 g/mol. The van der Waals surface area contributed by atoms with Crippen LogP contribution in [0.2, 0.25) is 0 Å². The number of carbonyl (C=O) groups is 2. The van der Waals surface area contributed by atoms with Gasteiger partial charge in [0.1, 0.15) is 16.8 Å². The van der Waals surface area contributed by atoms with Crippen molar-refractivity contribution in [1.29, 1.82) is 0 Å². The third-order valence-corrected chi connectivity index (χ3v) is 5.45. The molecule has 0 bridgehead atoms. The number of esters is 2. The van der Waals surface area contributed by atoms with Crippen molar-refractivity contribution >= 4 is 39.6 Å². The van der Waals surface area contributed by atoms with E-state index in [1.165, 1.54) is 29.9 Å². The zero-order chi connectivity index (χ0) is 24.5. The van der Waals surface area contributed by atoms with Gasteiger partial charge in [0, 0.05) is 23.3 Å². The van der Waals surface area contributed by atoms with Crippen molar-refractivity contribution in [3.63, 3.8) is 0 Å². The molecule has 0 radical (unpaired) electrons. The summed E-state index contributed by atoms with van der Waals surface area (Å²) in [4.78, 5) is 39.4. The van der Waals surface area contributed by atoms with Crippen molar-refractivity contribution < 1.29 is 23.5 Å². The van der Waals surface area contributed by atoms with Crippen LogP contribution in [0.4, 0.5) is 5.69 Å². The largest absolute Gasteiger partial charge is 0.465 e. The summed E-state index contributed by atoms with van der Waals surface area (Å²) >= 11 is 0. The van der Waals surface area contributed by atoms with Crippen molar-refractivity contribution in [2.75, 3.05) is 19.1 Å². The second-order valence-electron chi connectivity index (χ2n) is 7.45. The van der Waals surface area contributed by atoms with Gasteiger partial charge in [-0.1, -0.05) is 23.4 Å². The number of hydrogen-bond acceptors (Lipinski definition) is 9. The van der Waals surface area contributed by atoms with Gasteiger partial charge in [-0.2, -0.15) is 0 Å². The van der Waals surface area contributed by atoms with Crippen LogP contribution in [0.3, 0.4) is 0 Å². The van der Waals surface area contributed by atoms with E-state index >= 15 is 0 Å². The molecule has 0 unspecified atom stereocenters. The lowest BCUT2D eigenvalue weighted by Gasteiger charge is -2.23. The maximum absolute atomic E-state index is 12.9. The second-order valence-corrected chi connectivity index (χ2v) is 7.45. The minimum Gasteiger partial charge on any atom is -0.465 e. The number of ether oxygens (including phenoxy) is 2. The molecular formula is C25H18N4O6. The Morgan fingerprint density at radius 2 is 1.77 bits per heavy atom. The fourth-order valence-corrected chi connectivity index (χ4v) is 3.80. The molecule has 0 saturated carbocycles. The summed E-state index contributed by atoms with van der Waals surface area (Å²) in [6.07, 6.45) is 6.31. The third-order valence-electron chi connectivity index (χ3n) is 5.45. The van der Waals surface area contributed by atoms with Gasteiger partial charge < -0.3 is 18.8 Å². The number of aromatic nitrogens is 3. The molecule has 0 aliphatic carbocycles. The number of fused-ring (bicyclic) bond motifs is 2. The van der Waals surface area contributed by atoms with E-state index in [0.29, 0.717) is 22.1 Å². The van der Waals surface area contributed by atoms with Crippen LogP contribution in [0, 0.1) is 0 Å². The lowest BCUT2D eigenvalue weighted by Crippen LogP contribution is -2.27. The Balaban J connectivity index is 1.64. The zero-order valence-corrected chi connectivity index (χ0v) is 18.7. The van der Waals surface area contributed by atoms with Gasteiger partial charge in [0.2, 0.25) is 0 Å². The Hall–Kier alpha value is -4.99. The van der Waals surface area contributed by atoms with Crippen LogP contribution in [0.5, 0.6) is 0 Å². The number of hydrogen-bond donors (Lipinski definition) is 0. The molecular weight excluding hydrogens is 452 g/mol. The van der Waals surface area contributed by atoms with Crippen LogP contribution in [-0.2, 0) is 19.1 Å². The van der Waals surface area contributed by atoms with E-state index < -0.39 is 17.6 Å². The first-order chi connectivity index (χ1) is 17.0. The van der Waals surface area contributed by atoms with Gasteiger partial charge in [-0.25, -0.2) is 19.1 Å². The predicted molar refractivity (Wildman–Crippen MR) is 127 cm³/mol. The molecule has 0 saturated heterocycles. The van der Waals surface area contributed by atoms with Crippen LogP contribution >= 0.6 is 0 Å². The normalized spacial score (nSPS) is 13.4. The summed E-state index contributed by atoms with van der Waals surface area (Å²) in [7, 11) is 2.44. The van der Waals surface area contributed by atoms with E-state index in [2.05, 4.69) is 10.3 Å². The molecule has 1 aliphatic rings. The summed E-state index contributed by atoms with van der Waals surface area (Å²) < 4.78 is 16.8. The highest BCUT2D eigenvalue weighted by Gasteiger charge is 2.27. The quantitative estimate of drug-likeness (QED) is 0.328. The first-order valence-electron chi connectivity index (χ1n) is 10.5. The minimum absolute atomic E-state index is 0.0132. The Morgan fingerprint density at radius 1 is 0.971 bits per heavy atom. The molecule has 3 heterocycles. The molecule has 10 nitrogen and oxygen atoms in total. The van der Waals surface area contributed by atoms with Gasteiger partial charge in [-0.05, 0) is 42.5 Å². The van der Waals surface area contributed by atoms with E-state index in [1.807, 2.05) is 12.1 Å². The van der Waals surface area contributed by atoms with Crippen LogP contribution < -0.4 is 10.5 Å². The number of methoxy groups -OCH3 is 2. The zero-order valence-electron chi connectivity index (χ0n) is 18.7. The average Bonchev–Trinajstić information content (AvgIpc) is 3.18. The minimum atomic E-state index is -0.739. The molecule has 0 amide bonds. The summed E-state index contributed by atoms with van der Waals surface area (Å²) in [5.74, 6) is -1.44. The molecule has 4 aromatic rings. The first-order valence-corrected chi connectivity index (χ1v) is 10.5. The van der Waals surface area contributed by atoms with E-state index in [0.717, 1.165) is 0 Å². The molecule has 0 N–H and O–H groups in total. The fourth-order valence-electron chi connectivity index (χ4n) is 3.80. The molecule has 5 rings (SSSR count). The van der Waals surface area contributed by atoms with Gasteiger partial charge in [0.05, 0.1) is 25.3 Å². The Labute approximate surface area is 197 Å². The molecule has 174 valence electrons. The van der Waals surface area contributed by atoms with E-state index in [1.54, 1.807) is 54.8 Å². The third kappa shape index (κ3) is 3.76. The Morgan fingerprint density at radius 3 is 2.57 bits per heavy atom. The van der Waals surface area contributed by atoms with E-state index in [9.17, 15) is 14.4 Å². The number of anilines is 1. The van der Waals surface area contributed by atoms with Crippen LogP contribution in [0.15, 0.2) is 93.4 Å². The molecule has 1 aliphatic heterocycles. The highest BCUT2D eigenvalue weighted by molar-refractivity contribution is 6.05. The number of rotatable bonds is 4. The number of benzene rings is 2. The highest BCUT2D eigenvalue weighted by Crippen LogP contribution is 2.29. The molecule has 10 heteroatoms. The summed E-state index contributed by atoms with van der Waals surface area (Å²) in [5, 5.41) is 8.80. The molecule has 0 atom stereocenters. The van der Waals surface area contributed by atoms with Crippen molar-refractivity contribution in [1.82, 2.24) is 15.0 Å². The van der Waals surface area contributed by atoms with Gasteiger partial charge in [0.15, 0.2) is 5.69 Å². The second kappa shape index (κ2) is 8.75. The number of allylic oxidation sites excluding steroid dienone is 2. The van der Waals surface area contributed by atoms with Crippen LogP contribution in [0.25, 0.3) is 27.7 Å². The van der Waals surface area contributed by atoms with Gasteiger partial charge in [-0.15, -0.1) is 5.10 Å². The van der Waals surface area contributed by atoms with Gasteiger partial charge >= 0.3 is 17.6 Å².